The number of hydrogen-bond donors (Lipinski definition) is 1. The summed E-state index contributed by atoms with van der Waals surface area (Å²) < 4.78 is 46.4. The van der Waals surface area contributed by atoms with Gasteiger partial charge in [-0.1, -0.05) is 6.08 Å². The second-order valence-corrected chi connectivity index (χ2v) is 6.82. The van der Waals surface area contributed by atoms with Gasteiger partial charge in [-0.3, -0.25) is 18.1 Å². The van der Waals surface area contributed by atoms with Crippen LogP contribution in [0.15, 0.2) is 11.6 Å². The van der Waals surface area contributed by atoms with E-state index < -0.39 is 15.6 Å². The Morgan fingerprint density at radius 2 is 1.61 bits per heavy atom. The lowest BCUT2D eigenvalue weighted by atomic mass is 10.3. The predicted octanol–water partition coefficient (Wildman–Crippen LogP) is 2.11. The van der Waals surface area contributed by atoms with Crippen molar-refractivity contribution in [3.05, 3.63) is 11.6 Å². The predicted molar refractivity (Wildman–Crippen MR) is 64.1 cm³/mol. The molecule has 1 atom stereocenters. The van der Waals surface area contributed by atoms with E-state index in [1.54, 1.807) is 6.92 Å². The van der Waals surface area contributed by atoms with E-state index in [4.69, 9.17) is 9.63 Å². The Hall–Kier alpha value is -0.0400. The van der Waals surface area contributed by atoms with Crippen LogP contribution in [0, 0.1) is 0 Å². The molecule has 0 aromatic heterocycles. The van der Waals surface area contributed by atoms with Crippen LogP contribution in [0.25, 0.3) is 0 Å². The second kappa shape index (κ2) is 8.19. The average Bonchev–Trinajstić information content (AvgIpc) is 2.38. The zero-order valence-corrected chi connectivity index (χ0v) is 12.5. The maximum atomic E-state index is 11.9. The first-order chi connectivity index (χ1) is 8.34. The van der Waals surface area contributed by atoms with E-state index in [0.717, 1.165) is 21.3 Å². The monoisotopic (exact) mass is 304 g/mol. The molecule has 108 valence electrons. The summed E-state index contributed by atoms with van der Waals surface area (Å²) in [7, 11) is -4.83. The summed E-state index contributed by atoms with van der Waals surface area (Å²) >= 11 is 0. The molecule has 0 spiro atoms. The van der Waals surface area contributed by atoms with Crippen LogP contribution in [-0.4, -0.2) is 39.6 Å². The summed E-state index contributed by atoms with van der Waals surface area (Å²) in [5, 5.41) is 8.74. The maximum absolute atomic E-state index is 11.9. The average molecular weight is 304 g/mol. The second-order valence-electron chi connectivity index (χ2n) is 3.03. The fourth-order valence-corrected chi connectivity index (χ4v) is 3.19. The lowest BCUT2D eigenvalue weighted by Crippen LogP contribution is -2.00. The molecule has 0 fully saturated rings. The topological polar surface area (TPSA) is 101 Å². The molecule has 18 heavy (non-hydrogen) atoms. The molecule has 0 aromatic carbocycles. The molecule has 10 heteroatoms. The quantitative estimate of drug-likeness (QED) is 0.510. The van der Waals surface area contributed by atoms with Gasteiger partial charge in [-0.2, -0.15) is 4.31 Å². The van der Waals surface area contributed by atoms with Crippen molar-refractivity contribution < 1.29 is 36.6 Å². The van der Waals surface area contributed by atoms with Crippen LogP contribution in [0.2, 0.25) is 0 Å². The molecule has 0 saturated carbocycles. The molecule has 0 saturated heterocycles. The van der Waals surface area contributed by atoms with Crippen molar-refractivity contribution in [1.29, 1.82) is 0 Å². The third-order valence-corrected chi connectivity index (χ3v) is 5.19. The number of rotatable bonds is 9. The first kappa shape index (κ1) is 18.0. The van der Waals surface area contributed by atoms with Crippen LogP contribution < -0.4 is 0 Å². The number of aliphatic hydroxyl groups excluding tert-OH is 1. The Kier molecular flexibility index (Phi) is 8.18. The minimum atomic E-state index is -4.06. The number of aliphatic hydroxyl groups is 1. The van der Waals surface area contributed by atoms with Crippen LogP contribution >= 0.6 is 15.6 Å². The van der Waals surface area contributed by atoms with Crippen molar-refractivity contribution in [2.24, 2.45) is 0 Å². The van der Waals surface area contributed by atoms with E-state index in [-0.39, 0.29) is 13.2 Å². The molecule has 8 nitrogen and oxygen atoms in total. The van der Waals surface area contributed by atoms with Crippen molar-refractivity contribution in [2.45, 2.75) is 6.92 Å². The molecule has 0 aliphatic rings. The molecular weight excluding hydrogens is 286 g/mol. The Morgan fingerprint density at radius 1 is 1.11 bits per heavy atom. The summed E-state index contributed by atoms with van der Waals surface area (Å²) in [6, 6.07) is 0. The molecule has 1 unspecified atom stereocenters. The van der Waals surface area contributed by atoms with Gasteiger partial charge in [0.15, 0.2) is 0 Å². The van der Waals surface area contributed by atoms with Gasteiger partial charge in [-0.15, -0.1) is 0 Å². The van der Waals surface area contributed by atoms with Crippen molar-refractivity contribution in [3.8, 4) is 0 Å². The summed E-state index contributed by atoms with van der Waals surface area (Å²) in [4.78, 5) is 0. The van der Waals surface area contributed by atoms with Crippen molar-refractivity contribution in [2.75, 3.05) is 34.5 Å². The van der Waals surface area contributed by atoms with Crippen LogP contribution in [0.1, 0.15) is 6.92 Å². The zero-order valence-electron chi connectivity index (χ0n) is 10.7. The Labute approximate surface area is 106 Å². The van der Waals surface area contributed by atoms with Gasteiger partial charge in [0.1, 0.15) is 0 Å². The molecule has 0 amide bonds. The molecule has 0 heterocycles. The van der Waals surface area contributed by atoms with E-state index in [1.807, 2.05) is 0 Å². The van der Waals surface area contributed by atoms with Gasteiger partial charge < -0.3 is 5.11 Å². The highest BCUT2D eigenvalue weighted by Crippen LogP contribution is 2.64. The van der Waals surface area contributed by atoms with Crippen molar-refractivity contribution >= 4 is 15.6 Å². The van der Waals surface area contributed by atoms with Crippen LogP contribution in [-0.2, 0) is 31.5 Å². The SMILES string of the molecule is COP(=O)(OC)OP(=O)(OC)OC/C=C(\C)CO. The molecule has 0 aromatic rings. The van der Waals surface area contributed by atoms with Gasteiger partial charge in [0.05, 0.1) is 13.2 Å². The van der Waals surface area contributed by atoms with E-state index in [2.05, 4.69) is 17.9 Å². The van der Waals surface area contributed by atoms with E-state index >= 15 is 0 Å². The molecular formula is C8H18O8P2. The smallest absolute Gasteiger partial charge is 0.392 e. The van der Waals surface area contributed by atoms with Gasteiger partial charge in [0, 0.05) is 21.3 Å². The Balaban J connectivity index is 4.63. The molecule has 0 rings (SSSR count). The maximum Gasteiger partial charge on any atom is 0.483 e. The van der Waals surface area contributed by atoms with Crippen LogP contribution in [0.4, 0.5) is 0 Å². The minimum Gasteiger partial charge on any atom is -0.392 e. The lowest BCUT2D eigenvalue weighted by molar-refractivity contribution is 0.150. The van der Waals surface area contributed by atoms with Crippen LogP contribution in [0.3, 0.4) is 0 Å². The van der Waals surface area contributed by atoms with Gasteiger partial charge in [0.25, 0.3) is 0 Å². The largest absolute Gasteiger partial charge is 0.483 e. The third kappa shape index (κ3) is 6.22. The first-order valence-corrected chi connectivity index (χ1v) is 7.76. The molecule has 1 N–H and O–H groups in total. The fraction of sp³-hybridized carbons (Fsp3) is 0.750. The highest BCUT2D eigenvalue weighted by molar-refractivity contribution is 7.62. The normalized spacial score (nSPS) is 16.6. The lowest BCUT2D eigenvalue weighted by Gasteiger charge is -2.19. The molecule has 0 aliphatic heterocycles. The minimum absolute atomic E-state index is 0.148. The summed E-state index contributed by atoms with van der Waals surface area (Å²) in [5.74, 6) is 0. The number of phosphoric acid groups is 2. The van der Waals surface area contributed by atoms with Crippen LogP contribution in [0.5, 0.6) is 0 Å². The van der Waals surface area contributed by atoms with Gasteiger partial charge in [-0.05, 0) is 12.5 Å². The summed E-state index contributed by atoms with van der Waals surface area (Å²) in [5.41, 5.74) is 0.610. The molecule has 0 aliphatic carbocycles. The summed E-state index contributed by atoms with van der Waals surface area (Å²) in [6.07, 6.45) is 1.47. The molecule has 0 bridgehead atoms. The number of phosphoric ester groups is 2. The summed E-state index contributed by atoms with van der Waals surface area (Å²) in [6.45, 7) is 1.35. The standard InChI is InChI=1S/C8H18O8P2/c1-8(7-9)5-6-15-18(11,14-4)16-17(10,12-2)13-3/h5,9H,6-7H2,1-4H3/b8-5+. The van der Waals surface area contributed by atoms with Crippen molar-refractivity contribution in [3.63, 3.8) is 0 Å². The fourth-order valence-electron chi connectivity index (χ4n) is 0.709. The zero-order chi connectivity index (χ0) is 14.2. The highest BCUT2D eigenvalue weighted by atomic mass is 31.3. The van der Waals surface area contributed by atoms with E-state index in [9.17, 15) is 9.13 Å². The first-order valence-electron chi connectivity index (χ1n) is 4.84. The van der Waals surface area contributed by atoms with E-state index in [1.165, 1.54) is 6.08 Å². The van der Waals surface area contributed by atoms with Gasteiger partial charge >= 0.3 is 15.6 Å². The Bertz CT molecular complexity index is 358. The highest BCUT2D eigenvalue weighted by Gasteiger charge is 2.38. The van der Waals surface area contributed by atoms with Gasteiger partial charge in [-0.25, -0.2) is 9.13 Å². The number of hydrogen-bond acceptors (Lipinski definition) is 8. The molecule has 0 radical (unpaired) electrons. The third-order valence-electron chi connectivity index (χ3n) is 1.78. The Morgan fingerprint density at radius 3 is 2.00 bits per heavy atom. The van der Waals surface area contributed by atoms with Gasteiger partial charge in [0.2, 0.25) is 0 Å². The van der Waals surface area contributed by atoms with E-state index in [0.29, 0.717) is 5.57 Å². The van der Waals surface area contributed by atoms with Crippen molar-refractivity contribution in [1.82, 2.24) is 0 Å².